The van der Waals surface area contributed by atoms with E-state index in [-0.39, 0.29) is 6.61 Å². The molecule has 4 nitrogen and oxygen atoms in total. The highest BCUT2D eigenvalue weighted by Crippen LogP contribution is 2.47. The topological polar surface area (TPSA) is 44.1 Å². The molecule has 0 aliphatic rings. The van der Waals surface area contributed by atoms with Crippen molar-refractivity contribution in [3.05, 3.63) is 127 Å². The fraction of sp³-hybridized carbons (Fsp3) is 0.0857. The van der Waals surface area contributed by atoms with E-state index in [0.29, 0.717) is 5.69 Å². The minimum atomic E-state index is -0.431. The number of rotatable bonds is 6. The van der Waals surface area contributed by atoms with Crippen molar-refractivity contribution in [1.82, 2.24) is 9.55 Å². The van der Waals surface area contributed by atoms with Gasteiger partial charge in [-0.05, 0) is 23.6 Å². The van der Waals surface area contributed by atoms with Crippen molar-refractivity contribution < 1.29 is 9.53 Å². The Morgan fingerprint density at radius 2 is 1.08 bits per heavy atom. The van der Waals surface area contributed by atoms with E-state index in [1.807, 2.05) is 91.9 Å². The van der Waals surface area contributed by atoms with E-state index in [9.17, 15) is 4.79 Å². The average Bonchev–Trinajstić information content (AvgIpc) is 3.30. The number of esters is 1. The fourth-order valence-corrected chi connectivity index (χ4v) is 5.41. The standard InChI is InChI=1S/C35H28N2O2/c1-3-39-35(38)32-28(24-16-8-4-9-17-24)29-30(31(36-32)25-18-10-5-11-19-25)34(27-22-14-7-15-23-27)37(2)33(29)26-20-12-6-13-21-26/h4-23H,3H2,1-2H3. The van der Waals surface area contributed by atoms with Crippen molar-refractivity contribution in [2.45, 2.75) is 6.92 Å². The molecule has 0 amide bonds. The van der Waals surface area contributed by atoms with Gasteiger partial charge < -0.3 is 9.30 Å². The van der Waals surface area contributed by atoms with E-state index in [1.165, 1.54) is 0 Å². The van der Waals surface area contributed by atoms with E-state index < -0.39 is 5.97 Å². The average molecular weight is 509 g/mol. The molecule has 4 aromatic carbocycles. The van der Waals surface area contributed by atoms with Gasteiger partial charge in [-0.2, -0.15) is 0 Å². The third kappa shape index (κ3) is 4.30. The number of hydrogen-bond acceptors (Lipinski definition) is 3. The second-order valence-electron chi connectivity index (χ2n) is 9.37. The van der Waals surface area contributed by atoms with Gasteiger partial charge in [0.25, 0.3) is 0 Å². The maximum Gasteiger partial charge on any atom is 0.357 e. The lowest BCUT2D eigenvalue weighted by Crippen LogP contribution is -2.10. The molecule has 6 rings (SSSR count). The largest absolute Gasteiger partial charge is 0.461 e. The number of carbonyl (C=O) groups excluding carboxylic acids is 1. The van der Waals surface area contributed by atoms with Gasteiger partial charge in [0.05, 0.1) is 23.7 Å². The molecule has 0 saturated carbocycles. The Labute approximate surface area is 228 Å². The van der Waals surface area contributed by atoms with Gasteiger partial charge in [-0.25, -0.2) is 9.78 Å². The van der Waals surface area contributed by atoms with Crippen LogP contribution in [0.5, 0.6) is 0 Å². The second kappa shape index (κ2) is 10.4. The normalized spacial score (nSPS) is 11.0. The Kier molecular flexibility index (Phi) is 6.52. The monoisotopic (exact) mass is 508 g/mol. The Balaban J connectivity index is 1.89. The van der Waals surface area contributed by atoms with Gasteiger partial charge in [0.2, 0.25) is 0 Å². The van der Waals surface area contributed by atoms with Crippen LogP contribution in [0.15, 0.2) is 121 Å². The summed E-state index contributed by atoms with van der Waals surface area (Å²) >= 11 is 0. The zero-order valence-corrected chi connectivity index (χ0v) is 22.0. The molecular weight excluding hydrogens is 480 g/mol. The molecule has 0 atom stereocenters. The summed E-state index contributed by atoms with van der Waals surface area (Å²) in [5.41, 5.74) is 7.91. The van der Waals surface area contributed by atoms with Crippen LogP contribution in [0.1, 0.15) is 17.4 Å². The van der Waals surface area contributed by atoms with Crippen LogP contribution >= 0.6 is 0 Å². The number of nitrogens with zero attached hydrogens (tertiary/aromatic N) is 2. The van der Waals surface area contributed by atoms with Crippen LogP contribution in [0.3, 0.4) is 0 Å². The Bertz CT molecular complexity index is 1760. The number of fused-ring (bicyclic) bond motifs is 1. The summed E-state index contributed by atoms with van der Waals surface area (Å²) in [4.78, 5) is 18.7. The van der Waals surface area contributed by atoms with Gasteiger partial charge >= 0.3 is 5.97 Å². The minimum absolute atomic E-state index is 0.267. The first-order valence-corrected chi connectivity index (χ1v) is 13.1. The van der Waals surface area contributed by atoms with Crippen LogP contribution in [0.4, 0.5) is 0 Å². The zero-order valence-electron chi connectivity index (χ0n) is 22.0. The molecule has 2 heterocycles. The number of aromatic nitrogens is 2. The first kappa shape index (κ1) is 24.4. The maximum atomic E-state index is 13.6. The lowest BCUT2D eigenvalue weighted by molar-refractivity contribution is 0.0521. The van der Waals surface area contributed by atoms with E-state index in [4.69, 9.17) is 9.72 Å². The number of hydrogen-bond donors (Lipinski definition) is 0. The van der Waals surface area contributed by atoms with Gasteiger partial charge in [-0.3, -0.25) is 0 Å². The number of carbonyl (C=O) groups is 1. The summed E-state index contributed by atoms with van der Waals surface area (Å²) in [5.74, 6) is -0.431. The third-order valence-corrected chi connectivity index (χ3v) is 7.01. The second-order valence-corrected chi connectivity index (χ2v) is 9.37. The molecule has 0 bridgehead atoms. The SMILES string of the molecule is CCOC(=O)c1nc(-c2ccccc2)c2c(-c3ccccc3)n(C)c(-c3ccccc3)c2c1-c1ccccc1. The minimum Gasteiger partial charge on any atom is -0.461 e. The molecule has 2 aromatic heterocycles. The summed E-state index contributed by atoms with van der Waals surface area (Å²) in [6.07, 6.45) is 0. The maximum absolute atomic E-state index is 13.6. The van der Waals surface area contributed by atoms with Crippen molar-refractivity contribution >= 4 is 16.7 Å². The Hall–Kier alpha value is -4.96. The number of ether oxygens (including phenoxy) is 1. The third-order valence-electron chi connectivity index (χ3n) is 7.01. The van der Waals surface area contributed by atoms with Crippen molar-refractivity contribution in [3.8, 4) is 44.9 Å². The molecule has 6 aromatic rings. The predicted octanol–water partition coefficient (Wildman–Crippen LogP) is 8.42. The molecule has 0 unspecified atom stereocenters. The summed E-state index contributed by atoms with van der Waals surface area (Å²) < 4.78 is 7.83. The number of pyridine rings is 1. The smallest absolute Gasteiger partial charge is 0.357 e. The first-order valence-electron chi connectivity index (χ1n) is 13.1. The molecule has 0 aliphatic heterocycles. The van der Waals surface area contributed by atoms with Crippen LogP contribution in [-0.4, -0.2) is 22.1 Å². The molecule has 39 heavy (non-hydrogen) atoms. The van der Waals surface area contributed by atoms with Gasteiger partial charge in [0.15, 0.2) is 5.69 Å². The van der Waals surface area contributed by atoms with E-state index in [2.05, 4.69) is 48.0 Å². The van der Waals surface area contributed by atoms with Crippen LogP contribution in [0.25, 0.3) is 55.7 Å². The highest BCUT2D eigenvalue weighted by Gasteiger charge is 2.29. The molecule has 0 spiro atoms. The Morgan fingerprint density at radius 3 is 1.56 bits per heavy atom. The molecule has 0 aliphatic carbocycles. The summed E-state index contributed by atoms with van der Waals surface area (Å²) in [7, 11) is 2.10. The van der Waals surface area contributed by atoms with Crippen LogP contribution in [0.2, 0.25) is 0 Å². The van der Waals surface area contributed by atoms with Crippen molar-refractivity contribution in [2.75, 3.05) is 6.61 Å². The number of benzene rings is 4. The van der Waals surface area contributed by atoms with Gasteiger partial charge in [-0.15, -0.1) is 0 Å². The van der Waals surface area contributed by atoms with Crippen molar-refractivity contribution in [1.29, 1.82) is 0 Å². The van der Waals surface area contributed by atoms with Crippen LogP contribution < -0.4 is 0 Å². The molecule has 0 saturated heterocycles. The molecule has 0 N–H and O–H groups in total. The first-order chi connectivity index (χ1) is 19.2. The lowest BCUT2D eigenvalue weighted by Gasteiger charge is -2.15. The molecule has 190 valence electrons. The summed E-state index contributed by atoms with van der Waals surface area (Å²) in [6, 6.07) is 40.8. The van der Waals surface area contributed by atoms with E-state index in [1.54, 1.807) is 0 Å². The van der Waals surface area contributed by atoms with E-state index >= 15 is 0 Å². The molecular formula is C35H28N2O2. The van der Waals surface area contributed by atoms with Gasteiger partial charge in [0, 0.05) is 28.9 Å². The highest BCUT2D eigenvalue weighted by atomic mass is 16.5. The van der Waals surface area contributed by atoms with Crippen molar-refractivity contribution in [2.24, 2.45) is 7.05 Å². The highest BCUT2D eigenvalue weighted by molar-refractivity contribution is 6.20. The van der Waals surface area contributed by atoms with Crippen LogP contribution in [0, 0.1) is 0 Å². The molecule has 0 fully saturated rings. The van der Waals surface area contributed by atoms with Crippen molar-refractivity contribution in [3.63, 3.8) is 0 Å². The van der Waals surface area contributed by atoms with Crippen LogP contribution in [-0.2, 0) is 11.8 Å². The Morgan fingerprint density at radius 1 is 0.641 bits per heavy atom. The molecule has 4 heteroatoms. The predicted molar refractivity (Wildman–Crippen MR) is 158 cm³/mol. The lowest BCUT2D eigenvalue weighted by atomic mass is 9.92. The zero-order chi connectivity index (χ0) is 26.8. The van der Waals surface area contributed by atoms with E-state index in [0.717, 1.165) is 55.7 Å². The fourth-order valence-electron chi connectivity index (χ4n) is 5.41. The molecule has 0 radical (unpaired) electrons. The summed E-state index contributed by atoms with van der Waals surface area (Å²) in [5, 5.41) is 1.98. The quantitative estimate of drug-likeness (QED) is 0.212. The summed E-state index contributed by atoms with van der Waals surface area (Å²) in [6.45, 7) is 2.09. The van der Waals surface area contributed by atoms with Gasteiger partial charge in [0.1, 0.15) is 0 Å². The van der Waals surface area contributed by atoms with Gasteiger partial charge in [-0.1, -0.05) is 121 Å².